The molecule has 0 N–H and O–H groups in total. The Kier molecular flexibility index (Phi) is 2.81. The van der Waals surface area contributed by atoms with Gasteiger partial charge in [0.05, 0.1) is 0 Å². The van der Waals surface area contributed by atoms with Crippen molar-refractivity contribution in [2.45, 2.75) is 51.5 Å². The van der Waals surface area contributed by atoms with Gasteiger partial charge in [0.2, 0.25) is 5.91 Å². The SMILES string of the molecule is C=C(CC)C(=O)N(C)C1CC2CC1C1C3CCC(C3)C21. The van der Waals surface area contributed by atoms with Gasteiger partial charge in [0.15, 0.2) is 0 Å². The van der Waals surface area contributed by atoms with Crippen molar-refractivity contribution < 1.29 is 4.79 Å². The highest BCUT2D eigenvalue weighted by Gasteiger charge is 2.63. The smallest absolute Gasteiger partial charge is 0.249 e. The quantitative estimate of drug-likeness (QED) is 0.569. The fourth-order valence-corrected chi connectivity index (χ4v) is 6.53. The first-order valence-electron chi connectivity index (χ1n) is 8.56. The molecule has 1 amide bonds. The molecule has 110 valence electrons. The lowest BCUT2D eigenvalue weighted by molar-refractivity contribution is -0.129. The summed E-state index contributed by atoms with van der Waals surface area (Å²) in [6.07, 6.45) is 7.94. The van der Waals surface area contributed by atoms with E-state index in [9.17, 15) is 4.79 Å². The molecule has 2 nitrogen and oxygen atoms in total. The van der Waals surface area contributed by atoms with Crippen molar-refractivity contribution in [3.63, 3.8) is 0 Å². The predicted octanol–water partition coefficient (Wildman–Crippen LogP) is 3.48. The molecule has 0 aromatic heterocycles. The summed E-state index contributed by atoms with van der Waals surface area (Å²) in [5.41, 5.74) is 0.778. The highest BCUT2D eigenvalue weighted by Crippen LogP contribution is 2.67. The van der Waals surface area contributed by atoms with Crippen LogP contribution in [-0.4, -0.2) is 23.9 Å². The van der Waals surface area contributed by atoms with E-state index in [2.05, 4.69) is 11.5 Å². The van der Waals surface area contributed by atoms with Gasteiger partial charge in [-0.1, -0.05) is 13.5 Å². The van der Waals surface area contributed by atoms with Crippen LogP contribution in [0.2, 0.25) is 0 Å². The Morgan fingerprint density at radius 3 is 2.50 bits per heavy atom. The molecule has 0 saturated heterocycles. The molecule has 0 aromatic rings. The number of carbonyl (C=O) groups is 1. The fourth-order valence-electron chi connectivity index (χ4n) is 6.53. The highest BCUT2D eigenvalue weighted by atomic mass is 16.2. The summed E-state index contributed by atoms with van der Waals surface area (Å²) in [7, 11) is 2.02. The van der Waals surface area contributed by atoms with E-state index in [1.165, 1.54) is 32.1 Å². The molecule has 4 aliphatic carbocycles. The Hall–Kier alpha value is -0.790. The van der Waals surface area contributed by atoms with Gasteiger partial charge in [-0.2, -0.15) is 0 Å². The molecule has 20 heavy (non-hydrogen) atoms. The number of nitrogens with zero attached hydrogens (tertiary/aromatic N) is 1. The van der Waals surface area contributed by atoms with E-state index in [-0.39, 0.29) is 5.91 Å². The Balaban J connectivity index is 1.53. The lowest BCUT2D eigenvalue weighted by Crippen LogP contribution is -2.46. The summed E-state index contributed by atoms with van der Waals surface area (Å²) in [6.45, 7) is 5.97. The molecule has 2 heteroatoms. The van der Waals surface area contributed by atoms with Gasteiger partial charge < -0.3 is 4.90 Å². The van der Waals surface area contributed by atoms with Crippen LogP contribution in [0.25, 0.3) is 0 Å². The normalized spacial score (nSPS) is 47.6. The lowest BCUT2D eigenvalue weighted by atomic mass is 9.69. The monoisotopic (exact) mass is 273 g/mol. The number of hydrogen-bond donors (Lipinski definition) is 0. The van der Waals surface area contributed by atoms with Crippen molar-refractivity contribution in [2.75, 3.05) is 7.05 Å². The maximum Gasteiger partial charge on any atom is 0.249 e. The van der Waals surface area contributed by atoms with E-state index in [4.69, 9.17) is 0 Å². The molecule has 4 fully saturated rings. The molecule has 0 aromatic carbocycles. The van der Waals surface area contributed by atoms with Gasteiger partial charge >= 0.3 is 0 Å². The van der Waals surface area contributed by atoms with Crippen LogP contribution in [0.5, 0.6) is 0 Å². The molecule has 0 heterocycles. The Labute approximate surface area is 122 Å². The summed E-state index contributed by atoms with van der Waals surface area (Å²) in [5, 5.41) is 0. The molecule has 7 atom stereocenters. The van der Waals surface area contributed by atoms with E-state index >= 15 is 0 Å². The van der Waals surface area contributed by atoms with Crippen molar-refractivity contribution in [1.82, 2.24) is 4.90 Å². The average Bonchev–Trinajstić information content (AvgIpc) is 3.20. The molecule has 0 spiro atoms. The van der Waals surface area contributed by atoms with Crippen LogP contribution >= 0.6 is 0 Å². The van der Waals surface area contributed by atoms with Gasteiger partial charge in [-0.15, -0.1) is 0 Å². The van der Waals surface area contributed by atoms with Crippen LogP contribution in [0.15, 0.2) is 12.2 Å². The number of fused-ring (bicyclic) bond motifs is 9. The van der Waals surface area contributed by atoms with Crippen LogP contribution < -0.4 is 0 Å². The number of rotatable bonds is 3. The predicted molar refractivity (Wildman–Crippen MR) is 80.0 cm³/mol. The number of carbonyl (C=O) groups excluding carboxylic acids is 1. The lowest BCUT2D eigenvalue weighted by Gasteiger charge is -2.42. The zero-order chi connectivity index (χ0) is 14.0. The Bertz CT molecular complexity index is 456. The molecule has 4 aliphatic rings. The van der Waals surface area contributed by atoms with Crippen LogP contribution in [-0.2, 0) is 4.79 Å². The summed E-state index contributed by atoms with van der Waals surface area (Å²) < 4.78 is 0. The molecule has 0 radical (unpaired) electrons. The van der Waals surface area contributed by atoms with E-state index in [1.54, 1.807) is 0 Å². The molecule has 4 rings (SSSR count). The topological polar surface area (TPSA) is 20.3 Å². The van der Waals surface area contributed by atoms with Crippen LogP contribution in [0.3, 0.4) is 0 Å². The third-order valence-corrected chi connectivity index (χ3v) is 7.25. The summed E-state index contributed by atoms with van der Waals surface area (Å²) in [5.74, 6) is 5.97. The minimum absolute atomic E-state index is 0.199. The molecular formula is C18H27NO. The van der Waals surface area contributed by atoms with Crippen molar-refractivity contribution >= 4 is 5.91 Å². The number of likely N-dealkylation sites (N-methyl/N-ethyl adjacent to an activating group) is 1. The van der Waals surface area contributed by atoms with Gasteiger partial charge in [0, 0.05) is 18.7 Å². The van der Waals surface area contributed by atoms with Gasteiger partial charge in [-0.25, -0.2) is 0 Å². The van der Waals surface area contributed by atoms with Crippen LogP contribution in [0.4, 0.5) is 0 Å². The molecule has 0 aliphatic heterocycles. The summed E-state index contributed by atoms with van der Waals surface area (Å²) in [6, 6.07) is 0.511. The van der Waals surface area contributed by atoms with E-state index in [0.717, 1.165) is 47.5 Å². The van der Waals surface area contributed by atoms with E-state index in [0.29, 0.717) is 6.04 Å². The maximum atomic E-state index is 12.4. The first-order chi connectivity index (χ1) is 9.61. The molecular weight excluding hydrogens is 246 g/mol. The van der Waals surface area contributed by atoms with Crippen molar-refractivity contribution in [2.24, 2.45) is 35.5 Å². The summed E-state index contributed by atoms with van der Waals surface area (Å²) in [4.78, 5) is 14.5. The minimum atomic E-state index is 0.199. The van der Waals surface area contributed by atoms with Gasteiger partial charge in [-0.3, -0.25) is 4.79 Å². The van der Waals surface area contributed by atoms with Crippen LogP contribution in [0.1, 0.15) is 45.4 Å². The highest BCUT2D eigenvalue weighted by molar-refractivity contribution is 5.92. The Morgan fingerprint density at radius 1 is 1.10 bits per heavy atom. The number of amides is 1. The standard InChI is InChI=1S/C18H27NO/c1-4-10(2)18(20)19(3)15-9-13-8-14(15)17-12-6-5-11(7-12)16(13)17/h11-17H,2,4-9H2,1,3H3. The minimum Gasteiger partial charge on any atom is -0.339 e. The maximum absolute atomic E-state index is 12.4. The molecule has 4 bridgehead atoms. The van der Waals surface area contributed by atoms with Crippen LogP contribution in [0, 0.1) is 35.5 Å². The third kappa shape index (κ3) is 1.54. The molecule has 7 unspecified atom stereocenters. The zero-order valence-corrected chi connectivity index (χ0v) is 12.8. The second kappa shape index (κ2) is 4.35. The van der Waals surface area contributed by atoms with E-state index in [1.807, 2.05) is 14.0 Å². The van der Waals surface area contributed by atoms with Crippen molar-refractivity contribution in [3.05, 3.63) is 12.2 Å². The fraction of sp³-hybridized carbons (Fsp3) is 0.833. The van der Waals surface area contributed by atoms with Crippen molar-refractivity contribution in [1.29, 1.82) is 0 Å². The first kappa shape index (κ1) is 12.9. The number of hydrogen-bond acceptors (Lipinski definition) is 1. The average molecular weight is 273 g/mol. The zero-order valence-electron chi connectivity index (χ0n) is 12.8. The second-order valence-electron chi connectivity index (χ2n) is 7.82. The largest absolute Gasteiger partial charge is 0.339 e. The van der Waals surface area contributed by atoms with E-state index < -0.39 is 0 Å². The third-order valence-electron chi connectivity index (χ3n) is 7.25. The second-order valence-corrected chi connectivity index (χ2v) is 7.82. The van der Waals surface area contributed by atoms with Gasteiger partial charge in [-0.05, 0) is 74.0 Å². The van der Waals surface area contributed by atoms with Crippen molar-refractivity contribution in [3.8, 4) is 0 Å². The molecule has 4 saturated carbocycles. The first-order valence-corrected chi connectivity index (χ1v) is 8.56. The van der Waals surface area contributed by atoms with Gasteiger partial charge in [0.1, 0.15) is 0 Å². The summed E-state index contributed by atoms with van der Waals surface area (Å²) >= 11 is 0. The Morgan fingerprint density at radius 2 is 1.80 bits per heavy atom. The van der Waals surface area contributed by atoms with Gasteiger partial charge in [0.25, 0.3) is 0 Å².